The summed E-state index contributed by atoms with van der Waals surface area (Å²) in [6, 6.07) is 17.6. The Morgan fingerprint density at radius 1 is 0.971 bits per heavy atom. The molecule has 0 bridgehead atoms. The fraction of sp³-hybridized carbons (Fsp3) is 0.308. The number of piperazine rings is 1. The number of hydrogen-bond donors (Lipinski definition) is 2. The van der Waals surface area contributed by atoms with E-state index in [0.717, 1.165) is 48.9 Å². The van der Waals surface area contributed by atoms with Gasteiger partial charge >= 0.3 is 0 Å². The first-order chi connectivity index (χ1) is 16.9. The highest BCUT2D eigenvalue weighted by atomic mass is 16.5. The van der Waals surface area contributed by atoms with Crippen molar-refractivity contribution in [2.45, 2.75) is 20.4 Å². The Morgan fingerprint density at radius 2 is 1.69 bits per heavy atom. The number of nitrogens with one attached hydrogen (secondary N) is 2. The summed E-state index contributed by atoms with van der Waals surface area (Å²) in [5, 5.41) is 14.9. The van der Waals surface area contributed by atoms with Crippen LogP contribution < -0.4 is 20.3 Å². The van der Waals surface area contributed by atoms with Crippen LogP contribution in [0.1, 0.15) is 29.9 Å². The van der Waals surface area contributed by atoms with Crippen LogP contribution in [-0.4, -0.2) is 60.1 Å². The zero-order valence-electron chi connectivity index (χ0n) is 20.2. The fourth-order valence-corrected chi connectivity index (χ4v) is 4.07. The molecule has 2 N–H and O–H groups in total. The number of amides is 1. The number of anilines is 4. The zero-order valence-corrected chi connectivity index (χ0v) is 20.2. The Kier molecular flexibility index (Phi) is 7.45. The van der Waals surface area contributed by atoms with Gasteiger partial charge in [-0.1, -0.05) is 18.2 Å². The summed E-state index contributed by atoms with van der Waals surface area (Å²) >= 11 is 0. The minimum Gasteiger partial charge on any atom is -0.496 e. The number of nitrogens with zero attached hydrogens (tertiary/aromatic N) is 4. The third-order valence-corrected chi connectivity index (χ3v) is 6.02. The van der Waals surface area contributed by atoms with Crippen LogP contribution in [0.4, 0.5) is 22.9 Å². The molecule has 0 radical (unpaired) electrons. The Morgan fingerprint density at radius 3 is 2.34 bits per heavy atom. The molecule has 2 aromatic carbocycles. The molecule has 1 aromatic heterocycles. The van der Waals surface area contributed by atoms with E-state index in [4.69, 9.17) is 4.74 Å². The third-order valence-electron chi connectivity index (χ3n) is 6.02. The molecule has 0 saturated carbocycles. The van der Waals surface area contributed by atoms with Gasteiger partial charge in [-0.3, -0.25) is 9.59 Å². The van der Waals surface area contributed by atoms with Crippen LogP contribution in [0, 0.1) is 0 Å². The number of methoxy groups -OCH3 is 1. The van der Waals surface area contributed by atoms with Crippen molar-refractivity contribution in [2.24, 2.45) is 0 Å². The molecule has 1 aliphatic heterocycles. The Balaban J connectivity index is 1.44. The molecule has 1 aliphatic rings. The van der Waals surface area contributed by atoms with Crippen LogP contribution >= 0.6 is 0 Å². The third kappa shape index (κ3) is 5.87. The van der Waals surface area contributed by atoms with Crippen molar-refractivity contribution >= 4 is 34.6 Å². The number of ether oxygens (including phenoxy) is 1. The number of carbonyl (C=O) groups excluding carboxylic acids is 2. The summed E-state index contributed by atoms with van der Waals surface area (Å²) in [6.45, 7) is 6.65. The SMILES string of the molecule is COc1ccccc1CNc1cc(Nc2ccc(N3CCN(C(C)=O)CC3)cc2)nnc1C(C)=O. The van der Waals surface area contributed by atoms with E-state index in [9.17, 15) is 9.59 Å². The van der Waals surface area contributed by atoms with Gasteiger partial charge < -0.3 is 25.2 Å². The molecule has 1 fully saturated rings. The minimum absolute atomic E-state index is 0.123. The van der Waals surface area contributed by atoms with Crippen LogP contribution in [0.3, 0.4) is 0 Å². The molecule has 3 aromatic rings. The molecule has 4 rings (SSSR count). The number of aromatic nitrogens is 2. The number of para-hydroxylation sites is 1. The van der Waals surface area contributed by atoms with Gasteiger partial charge in [-0.05, 0) is 30.3 Å². The van der Waals surface area contributed by atoms with Crippen molar-refractivity contribution in [1.29, 1.82) is 0 Å². The summed E-state index contributed by atoms with van der Waals surface area (Å²) in [4.78, 5) is 27.8. The molecule has 35 heavy (non-hydrogen) atoms. The van der Waals surface area contributed by atoms with Gasteiger partial charge in [-0.15, -0.1) is 10.2 Å². The molecular weight excluding hydrogens is 444 g/mol. The van der Waals surface area contributed by atoms with Crippen LogP contribution in [0.25, 0.3) is 0 Å². The molecule has 0 aliphatic carbocycles. The summed E-state index contributed by atoms with van der Waals surface area (Å²) in [5.41, 5.74) is 3.81. The second-order valence-electron chi connectivity index (χ2n) is 8.38. The van der Waals surface area contributed by atoms with Crippen molar-refractivity contribution in [3.63, 3.8) is 0 Å². The van der Waals surface area contributed by atoms with Crippen molar-refractivity contribution in [2.75, 3.05) is 48.8 Å². The maximum atomic E-state index is 12.1. The number of ketones is 1. The van der Waals surface area contributed by atoms with Gasteiger partial charge in [0, 0.05) is 69.6 Å². The molecule has 0 spiro atoms. The maximum absolute atomic E-state index is 12.1. The monoisotopic (exact) mass is 474 g/mol. The summed E-state index contributed by atoms with van der Waals surface area (Å²) in [6.07, 6.45) is 0. The molecule has 1 amide bonds. The largest absolute Gasteiger partial charge is 0.496 e. The van der Waals surface area contributed by atoms with Gasteiger partial charge in [0.25, 0.3) is 0 Å². The Bertz CT molecular complexity index is 1190. The van der Waals surface area contributed by atoms with E-state index >= 15 is 0 Å². The van der Waals surface area contributed by atoms with Crippen LogP contribution in [0.15, 0.2) is 54.6 Å². The average Bonchev–Trinajstić information content (AvgIpc) is 2.88. The summed E-state index contributed by atoms with van der Waals surface area (Å²) < 4.78 is 5.42. The molecule has 182 valence electrons. The molecule has 0 unspecified atom stereocenters. The van der Waals surface area contributed by atoms with Gasteiger partial charge in [0.2, 0.25) is 5.91 Å². The number of benzene rings is 2. The maximum Gasteiger partial charge on any atom is 0.219 e. The first-order valence-corrected chi connectivity index (χ1v) is 11.6. The fourth-order valence-electron chi connectivity index (χ4n) is 4.07. The van der Waals surface area contributed by atoms with E-state index in [1.807, 2.05) is 53.4 Å². The lowest BCUT2D eigenvalue weighted by molar-refractivity contribution is -0.129. The van der Waals surface area contributed by atoms with E-state index in [2.05, 4.69) is 25.7 Å². The molecule has 1 saturated heterocycles. The highest BCUT2D eigenvalue weighted by molar-refractivity contribution is 5.97. The minimum atomic E-state index is -0.166. The first-order valence-electron chi connectivity index (χ1n) is 11.6. The molecular formula is C26H30N6O3. The Hall–Kier alpha value is -4.14. The van der Waals surface area contributed by atoms with E-state index < -0.39 is 0 Å². The van der Waals surface area contributed by atoms with Gasteiger partial charge in [-0.2, -0.15) is 0 Å². The van der Waals surface area contributed by atoms with E-state index in [1.165, 1.54) is 6.92 Å². The van der Waals surface area contributed by atoms with Crippen molar-refractivity contribution in [1.82, 2.24) is 15.1 Å². The molecule has 0 atom stereocenters. The van der Waals surface area contributed by atoms with Gasteiger partial charge in [0.1, 0.15) is 5.75 Å². The lowest BCUT2D eigenvalue weighted by Crippen LogP contribution is -2.48. The number of carbonyl (C=O) groups is 2. The lowest BCUT2D eigenvalue weighted by Gasteiger charge is -2.35. The summed E-state index contributed by atoms with van der Waals surface area (Å²) in [7, 11) is 1.63. The average molecular weight is 475 g/mol. The predicted molar refractivity (Wildman–Crippen MR) is 137 cm³/mol. The van der Waals surface area contributed by atoms with Crippen molar-refractivity contribution in [3.8, 4) is 5.75 Å². The van der Waals surface area contributed by atoms with Crippen LogP contribution in [0.5, 0.6) is 5.75 Å². The molecule has 9 heteroatoms. The normalized spacial score (nSPS) is 13.3. The van der Waals surface area contributed by atoms with Gasteiger partial charge in [-0.25, -0.2) is 0 Å². The van der Waals surface area contributed by atoms with E-state index in [-0.39, 0.29) is 17.4 Å². The standard InChI is InChI=1S/C26H30N6O3/c1-18(33)26-23(27-17-20-6-4-5-7-24(20)35-3)16-25(29-30-26)28-21-8-10-22(11-9-21)32-14-12-31(13-15-32)19(2)34/h4-11,16H,12-15,17H2,1-3H3,(H2,27,28,29). The molecule has 2 heterocycles. The highest BCUT2D eigenvalue weighted by Gasteiger charge is 2.19. The zero-order chi connectivity index (χ0) is 24.8. The summed E-state index contributed by atoms with van der Waals surface area (Å²) in [5.74, 6) is 1.26. The van der Waals surface area contributed by atoms with Crippen molar-refractivity contribution < 1.29 is 14.3 Å². The second-order valence-corrected chi connectivity index (χ2v) is 8.38. The quantitative estimate of drug-likeness (QED) is 0.477. The lowest BCUT2D eigenvalue weighted by atomic mass is 10.2. The number of hydrogen-bond acceptors (Lipinski definition) is 8. The van der Waals surface area contributed by atoms with Gasteiger partial charge in [0.05, 0.1) is 12.8 Å². The number of Topliss-reactive ketones (excluding diaryl/α,β-unsaturated/α-hetero) is 1. The highest BCUT2D eigenvalue weighted by Crippen LogP contribution is 2.25. The smallest absolute Gasteiger partial charge is 0.219 e. The van der Waals surface area contributed by atoms with Gasteiger partial charge in [0.15, 0.2) is 17.3 Å². The number of rotatable bonds is 8. The Labute approximate surface area is 205 Å². The van der Waals surface area contributed by atoms with E-state index in [1.54, 1.807) is 20.1 Å². The second kappa shape index (κ2) is 10.9. The van der Waals surface area contributed by atoms with Crippen molar-refractivity contribution in [3.05, 3.63) is 65.9 Å². The van der Waals surface area contributed by atoms with E-state index in [0.29, 0.717) is 18.1 Å². The topological polar surface area (TPSA) is 99.7 Å². The molecule has 9 nitrogen and oxygen atoms in total. The predicted octanol–water partition coefficient (Wildman–Crippen LogP) is 3.71. The van der Waals surface area contributed by atoms with Crippen LogP contribution in [-0.2, 0) is 11.3 Å². The first kappa shape index (κ1) is 24.0. The van der Waals surface area contributed by atoms with Crippen LogP contribution in [0.2, 0.25) is 0 Å².